The van der Waals surface area contributed by atoms with Crippen molar-refractivity contribution >= 4 is 17.5 Å². The number of hydrogen-bond donors (Lipinski definition) is 3. The van der Waals surface area contributed by atoms with Crippen molar-refractivity contribution in [2.75, 3.05) is 23.8 Å². The zero-order valence-electron chi connectivity index (χ0n) is 21.9. The first-order valence-electron chi connectivity index (χ1n) is 13.4. The summed E-state index contributed by atoms with van der Waals surface area (Å²) >= 11 is 0. The number of amides is 1. The van der Waals surface area contributed by atoms with Crippen molar-refractivity contribution in [3.05, 3.63) is 82.2 Å². The Hall–Kier alpha value is -4.22. The first-order valence-corrected chi connectivity index (χ1v) is 13.4. The zero-order valence-corrected chi connectivity index (χ0v) is 21.9. The molecule has 11 heteroatoms. The lowest BCUT2D eigenvalue weighted by molar-refractivity contribution is 0.0976. The average Bonchev–Trinajstić information content (AvgIpc) is 3.71. The van der Waals surface area contributed by atoms with Crippen LogP contribution >= 0.6 is 0 Å². The number of nitrogens with two attached hydrogens (primary N) is 1. The maximum atomic E-state index is 15.2. The number of carbonyl (C=O) groups is 1. The monoisotopic (exact) mass is 543 g/mol. The molecule has 2 aromatic heterocycles. The van der Waals surface area contributed by atoms with Crippen molar-refractivity contribution in [1.82, 2.24) is 24.7 Å². The molecule has 3 heterocycles. The van der Waals surface area contributed by atoms with Crippen molar-refractivity contribution < 1.29 is 19.4 Å². The number of aromatic nitrogens is 5. The number of nitrogen functional groups attached to an aromatic ring is 1. The lowest BCUT2D eigenvalue weighted by Crippen LogP contribution is -2.39. The van der Waals surface area contributed by atoms with Gasteiger partial charge in [-0.3, -0.25) is 9.48 Å². The van der Waals surface area contributed by atoms with E-state index in [1.807, 2.05) is 12.3 Å². The second-order valence-electron chi connectivity index (χ2n) is 10.3. The quantitative estimate of drug-likeness (QED) is 0.292. The van der Waals surface area contributed by atoms with E-state index in [0.717, 1.165) is 29.5 Å². The van der Waals surface area contributed by atoms with Crippen LogP contribution in [0.1, 0.15) is 63.6 Å². The molecule has 0 atom stereocenters. The van der Waals surface area contributed by atoms with Crippen LogP contribution in [0.2, 0.25) is 0 Å². The van der Waals surface area contributed by atoms with Gasteiger partial charge < -0.3 is 20.8 Å². The molecule has 6 rings (SSSR count). The van der Waals surface area contributed by atoms with Gasteiger partial charge in [-0.15, -0.1) is 0 Å². The standard InChI is InChI=1S/C29H30FN7O3/c30-23-13-20(18-5-6-18)12-19-7-9-37(28(40)26(19)23)24-4-1-3-21(22(24)16-39)27-33-25(34-29(31)35-27)11-17-14-32-36(15-17)8-2-10-38/h1,3-4,12-15,18,38-39H,2,5-11,16H2,(H2,31,33,34,35). The van der Waals surface area contributed by atoms with E-state index in [1.165, 1.54) is 11.0 Å². The third-order valence-electron chi connectivity index (χ3n) is 7.44. The Kier molecular flexibility index (Phi) is 6.99. The topological polar surface area (TPSA) is 143 Å². The number of benzene rings is 2. The molecule has 0 radical (unpaired) electrons. The second kappa shape index (κ2) is 10.7. The normalized spacial score (nSPS) is 15.0. The van der Waals surface area contributed by atoms with Crippen molar-refractivity contribution in [2.24, 2.45) is 0 Å². The maximum Gasteiger partial charge on any atom is 0.261 e. The summed E-state index contributed by atoms with van der Waals surface area (Å²) in [5.41, 5.74) is 10.1. The number of halogens is 1. The minimum atomic E-state index is -0.495. The molecule has 1 fully saturated rings. The molecule has 0 bridgehead atoms. The van der Waals surface area contributed by atoms with E-state index >= 15 is 4.39 Å². The van der Waals surface area contributed by atoms with Crippen LogP contribution in [-0.4, -0.2) is 54.0 Å². The summed E-state index contributed by atoms with van der Waals surface area (Å²) in [4.78, 5) is 28.3. The van der Waals surface area contributed by atoms with Gasteiger partial charge in [-0.1, -0.05) is 18.2 Å². The number of anilines is 2. The highest BCUT2D eigenvalue weighted by Gasteiger charge is 2.33. The van der Waals surface area contributed by atoms with Crippen LogP contribution in [0.25, 0.3) is 11.4 Å². The highest BCUT2D eigenvalue weighted by atomic mass is 19.1. The van der Waals surface area contributed by atoms with Gasteiger partial charge >= 0.3 is 0 Å². The Morgan fingerprint density at radius 3 is 2.75 bits per heavy atom. The summed E-state index contributed by atoms with van der Waals surface area (Å²) < 4.78 is 16.9. The Balaban J connectivity index is 1.31. The molecule has 0 unspecified atom stereocenters. The van der Waals surface area contributed by atoms with Crippen molar-refractivity contribution in [2.45, 2.75) is 51.2 Å². The molecule has 40 heavy (non-hydrogen) atoms. The fraction of sp³-hybridized carbons (Fsp3) is 0.345. The maximum absolute atomic E-state index is 15.2. The predicted molar refractivity (Wildman–Crippen MR) is 146 cm³/mol. The number of rotatable bonds is 9. The predicted octanol–water partition coefficient (Wildman–Crippen LogP) is 3.00. The van der Waals surface area contributed by atoms with E-state index in [0.29, 0.717) is 60.9 Å². The van der Waals surface area contributed by atoms with E-state index < -0.39 is 11.7 Å². The number of carbonyl (C=O) groups excluding carboxylic acids is 1. The number of fused-ring (bicyclic) bond motifs is 1. The Labute approximate surface area is 230 Å². The summed E-state index contributed by atoms with van der Waals surface area (Å²) in [7, 11) is 0. The molecule has 1 aliphatic carbocycles. The van der Waals surface area contributed by atoms with Gasteiger partial charge in [-0.25, -0.2) is 9.37 Å². The van der Waals surface area contributed by atoms with Crippen LogP contribution in [0.5, 0.6) is 0 Å². The van der Waals surface area contributed by atoms with E-state index in [9.17, 15) is 9.90 Å². The molecule has 1 saturated carbocycles. The van der Waals surface area contributed by atoms with Gasteiger partial charge in [0, 0.05) is 43.4 Å². The van der Waals surface area contributed by atoms with Gasteiger partial charge in [-0.2, -0.15) is 15.1 Å². The lowest BCUT2D eigenvalue weighted by Gasteiger charge is -2.31. The molecular formula is C29H30FN7O3. The van der Waals surface area contributed by atoms with Crippen LogP contribution in [0, 0.1) is 5.82 Å². The molecule has 4 aromatic rings. The van der Waals surface area contributed by atoms with Crippen molar-refractivity contribution in [3.63, 3.8) is 0 Å². The smallest absolute Gasteiger partial charge is 0.261 e. The third kappa shape index (κ3) is 5.05. The average molecular weight is 544 g/mol. The molecule has 4 N–H and O–H groups in total. The molecule has 0 saturated heterocycles. The van der Waals surface area contributed by atoms with Crippen LogP contribution in [-0.2, 0) is 26.0 Å². The molecule has 1 amide bonds. The minimum absolute atomic E-state index is 0.0264. The summed E-state index contributed by atoms with van der Waals surface area (Å²) in [6, 6.07) is 8.71. The number of aryl methyl sites for hydroxylation is 1. The van der Waals surface area contributed by atoms with Crippen LogP contribution in [0.4, 0.5) is 16.0 Å². The Morgan fingerprint density at radius 1 is 1.12 bits per heavy atom. The third-order valence-corrected chi connectivity index (χ3v) is 7.44. The Morgan fingerprint density at radius 2 is 1.98 bits per heavy atom. The molecule has 0 spiro atoms. The summed E-state index contributed by atoms with van der Waals surface area (Å²) in [6.07, 6.45) is 7.17. The van der Waals surface area contributed by atoms with Crippen molar-refractivity contribution in [1.29, 1.82) is 0 Å². The van der Waals surface area contributed by atoms with Gasteiger partial charge in [0.2, 0.25) is 5.95 Å². The molecule has 2 aromatic carbocycles. The molecule has 206 valence electrons. The van der Waals surface area contributed by atoms with E-state index in [2.05, 4.69) is 20.1 Å². The van der Waals surface area contributed by atoms with Gasteiger partial charge in [0.1, 0.15) is 11.6 Å². The fourth-order valence-corrected chi connectivity index (χ4v) is 5.35. The number of aliphatic hydroxyl groups is 2. The Bertz CT molecular complexity index is 1580. The molecule has 1 aliphatic heterocycles. The van der Waals surface area contributed by atoms with E-state index in [-0.39, 0.29) is 30.5 Å². The molecular weight excluding hydrogens is 513 g/mol. The van der Waals surface area contributed by atoms with Crippen LogP contribution in [0.3, 0.4) is 0 Å². The number of hydrogen-bond acceptors (Lipinski definition) is 8. The first kappa shape index (κ1) is 26.0. The fourth-order valence-electron chi connectivity index (χ4n) is 5.35. The number of aliphatic hydroxyl groups excluding tert-OH is 2. The lowest BCUT2D eigenvalue weighted by atomic mass is 9.93. The minimum Gasteiger partial charge on any atom is -0.396 e. The first-order chi connectivity index (χ1) is 19.4. The highest BCUT2D eigenvalue weighted by molar-refractivity contribution is 6.09. The van der Waals surface area contributed by atoms with Crippen molar-refractivity contribution in [3.8, 4) is 11.4 Å². The summed E-state index contributed by atoms with van der Waals surface area (Å²) in [5.74, 6) is 0.192. The van der Waals surface area contributed by atoms with Crippen LogP contribution < -0.4 is 10.6 Å². The van der Waals surface area contributed by atoms with Gasteiger partial charge in [-0.05, 0) is 60.4 Å². The van der Waals surface area contributed by atoms with E-state index in [1.54, 1.807) is 29.1 Å². The zero-order chi connectivity index (χ0) is 27.8. The largest absolute Gasteiger partial charge is 0.396 e. The van der Waals surface area contributed by atoms with Crippen LogP contribution in [0.15, 0.2) is 42.7 Å². The number of nitrogens with zero attached hydrogens (tertiary/aromatic N) is 6. The molecule has 10 nitrogen and oxygen atoms in total. The summed E-state index contributed by atoms with van der Waals surface area (Å²) in [5, 5.41) is 23.8. The van der Waals surface area contributed by atoms with Gasteiger partial charge in [0.25, 0.3) is 5.91 Å². The van der Waals surface area contributed by atoms with Gasteiger partial charge in [0.05, 0.1) is 24.1 Å². The molecule has 2 aliphatic rings. The second-order valence-corrected chi connectivity index (χ2v) is 10.3. The SMILES string of the molecule is Nc1nc(Cc2cnn(CCCO)c2)nc(-c2cccc(N3CCc4cc(C5CC5)cc(F)c4C3=O)c2CO)n1. The highest BCUT2D eigenvalue weighted by Crippen LogP contribution is 2.42. The van der Waals surface area contributed by atoms with Gasteiger partial charge in [0.15, 0.2) is 5.82 Å². The van der Waals surface area contributed by atoms with E-state index in [4.69, 9.17) is 10.8 Å². The summed E-state index contributed by atoms with van der Waals surface area (Å²) in [6.45, 7) is 0.657.